The summed E-state index contributed by atoms with van der Waals surface area (Å²) in [6.07, 6.45) is -1.77. The van der Waals surface area contributed by atoms with Gasteiger partial charge in [0, 0.05) is 30.4 Å². The van der Waals surface area contributed by atoms with E-state index in [0.717, 1.165) is 41.5 Å². The minimum Gasteiger partial charge on any atom is -0.443 e. The number of fused-ring (bicyclic) bond motifs is 1. The van der Waals surface area contributed by atoms with E-state index in [-0.39, 0.29) is 0 Å². The summed E-state index contributed by atoms with van der Waals surface area (Å²) in [7, 11) is 0. The molecule has 0 saturated carbocycles. The number of likely N-dealkylation sites (tertiary alicyclic amines) is 1. The molecule has 1 N–H and O–H groups in total. The van der Waals surface area contributed by atoms with Crippen molar-refractivity contribution in [2.45, 2.75) is 51.4 Å². The summed E-state index contributed by atoms with van der Waals surface area (Å²) in [6, 6.07) is 15.4. The number of aromatic nitrogens is 1. The van der Waals surface area contributed by atoms with E-state index in [9.17, 15) is 18.0 Å². The first-order chi connectivity index (χ1) is 16.5. The van der Waals surface area contributed by atoms with Gasteiger partial charge >= 0.3 is 12.3 Å². The van der Waals surface area contributed by atoms with Crippen LogP contribution < -0.4 is 4.72 Å². The van der Waals surface area contributed by atoms with Crippen LogP contribution in [0, 0.1) is 0 Å². The zero-order chi connectivity index (χ0) is 25.2. The topological polar surface area (TPSA) is 46.5 Å². The third kappa shape index (κ3) is 6.73. The summed E-state index contributed by atoms with van der Waals surface area (Å²) >= 11 is 0.650. The molecule has 1 aliphatic heterocycles. The standard InChI is InChI=1S/C26H30F3N3O2S/c1-25(2,3)34-24(33)32-16-20(22-9-4-5-10-23(22)32)15-31-12-11-19(14-31)18-7-6-8-21(13-18)30-35-17-26(27,28)29/h4-10,13,16,19,30H,11-12,14-15,17H2,1-3H3. The van der Waals surface area contributed by atoms with E-state index in [1.54, 1.807) is 10.6 Å². The van der Waals surface area contributed by atoms with Gasteiger partial charge in [-0.1, -0.05) is 30.3 Å². The van der Waals surface area contributed by atoms with Gasteiger partial charge in [-0.05, 0) is 80.9 Å². The summed E-state index contributed by atoms with van der Waals surface area (Å²) < 4.78 is 47.3. The van der Waals surface area contributed by atoms with Crippen molar-refractivity contribution in [2.75, 3.05) is 23.6 Å². The van der Waals surface area contributed by atoms with E-state index in [1.807, 2.05) is 69.4 Å². The minimum absolute atomic E-state index is 0.295. The molecule has 3 aromatic rings. The van der Waals surface area contributed by atoms with Gasteiger partial charge in [0.25, 0.3) is 0 Å². The van der Waals surface area contributed by atoms with Gasteiger partial charge in [0.1, 0.15) is 11.4 Å². The smallest absolute Gasteiger partial charge is 0.419 e. The maximum atomic E-state index is 12.8. The lowest BCUT2D eigenvalue weighted by Crippen LogP contribution is -2.26. The first-order valence-electron chi connectivity index (χ1n) is 11.6. The van der Waals surface area contributed by atoms with Crippen LogP contribution in [-0.2, 0) is 11.3 Å². The van der Waals surface area contributed by atoms with Crippen molar-refractivity contribution >= 4 is 34.6 Å². The summed E-state index contributed by atoms with van der Waals surface area (Å²) in [6.45, 7) is 7.98. The van der Waals surface area contributed by atoms with E-state index in [0.29, 0.717) is 30.1 Å². The summed E-state index contributed by atoms with van der Waals surface area (Å²) in [4.78, 5) is 15.1. The van der Waals surface area contributed by atoms with Gasteiger partial charge in [-0.2, -0.15) is 13.2 Å². The van der Waals surface area contributed by atoms with E-state index in [1.165, 1.54) is 0 Å². The van der Waals surface area contributed by atoms with E-state index < -0.39 is 23.6 Å². The van der Waals surface area contributed by atoms with Gasteiger partial charge in [-0.15, -0.1) is 0 Å². The average molecular weight is 506 g/mol. The number of alkyl halides is 3. The Morgan fingerprint density at radius 3 is 2.66 bits per heavy atom. The Kier molecular flexibility index (Phi) is 7.38. The molecule has 188 valence electrons. The van der Waals surface area contributed by atoms with Gasteiger partial charge in [0.05, 0.1) is 5.52 Å². The minimum atomic E-state index is -4.20. The number of hydrogen-bond donors (Lipinski definition) is 1. The Hall–Kier alpha value is -2.65. The Morgan fingerprint density at radius 1 is 1.14 bits per heavy atom. The van der Waals surface area contributed by atoms with Gasteiger partial charge in [0.15, 0.2) is 0 Å². The van der Waals surface area contributed by atoms with Gasteiger partial charge < -0.3 is 9.46 Å². The highest BCUT2D eigenvalue weighted by Crippen LogP contribution is 2.32. The summed E-state index contributed by atoms with van der Waals surface area (Å²) in [5.41, 5.74) is 3.09. The zero-order valence-corrected chi connectivity index (χ0v) is 20.9. The fourth-order valence-electron chi connectivity index (χ4n) is 4.38. The molecule has 4 rings (SSSR count). The number of carbonyl (C=O) groups is 1. The summed E-state index contributed by atoms with van der Waals surface area (Å²) in [5, 5.41) is 1.02. The molecule has 1 aromatic heterocycles. The average Bonchev–Trinajstić information content (AvgIpc) is 3.38. The molecule has 1 saturated heterocycles. The van der Waals surface area contributed by atoms with Gasteiger partial charge in [-0.3, -0.25) is 9.47 Å². The van der Waals surface area contributed by atoms with E-state index in [4.69, 9.17) is 4.74 Å². The van der Waals surface area contributed by atoms with Crippen LogP contribution in [0.2, 0.25) is 0 Å². The van der Waals surface area contributed by atoms with Crippen molar-refractivity contribution in [3.8, 4) is 0 Å². The number of nitrogens with zero attached hydrogens (tertiary/aromatic N) is 2. The van der Waals surface area contributed by atoms with E-state index in [2.05, 4.69) is 9.62 Å². The molecule has 5 nitrogen and oxygen atoms in total. The van der Waals surface area contributed by atoms with Crippen LogP contribution in [0.3, 0.4) is 0 Å². The number of ether oxygens (including phenoxy) is 1. The van der Waals surface area contributed by atoms with Crippen LogP contribution in [0.5, 0.6) is 0 Å². The number of halogens is 3. The SMILES string of the molecule is CC(C)(C)OC(=O)n1cc(CN2CCC(c3cccc(NSCC(F)(F)F)c3)C2)c2ccccc21. The number of nitrogens with one attached hydrogen (secondary N) is 1. The van der Waals surface area contributed by atoms with Crippen LogP contribution >= 0.6 is 11.9 Å². The highest BCUT2D eigenvalue weighted by atomic mass is 32.2. The lowest BCUT2D eigenvalue weighted by Gasteiger charge is -2.19. The highest BCUT2D eigenvalue weighted by Gasteiger charge is 2.28. The molecule has 2 heterocycles. The Morgan fingerprint density at radius 2 is 1.91 bits per heavy atom. The Bertz CT molecular complexity index is 1190. The summed E-state index contributed by atoms with van der Waals surface area (Å²) in [5.74, 6) is -0.644. The Balaban J connectivity index is 1.44. The quantitative estimate of drug-likeness (QED) is 0.364. The second-order valence-corrected chi connectivity index (χ2v) is 10.7. The molecule has 1 fully saturated rings. The number of rotatable bonds is 6. The molecule has 35 heavy (non-hydrogen) atoms. The fraction of sp³-hybridized carbons (Fsp3) is 0.423. The third-order valence-electron chi connectivity index (χ3n) is 5.83. The molecule has 1 unspecified atom stereocenters. The number of anilines is 1. The van der Waals surface area contributed by atoms with E-state index >= 15 is 0 Å². The van der Waals surface area contributed by atoms with Crippen LogP contribution in [0.25, 0.3) is 10.9 Å². The number of benzene rings is 2. The zero-order valence-electron chi connectivity index (χ0n) is 20.1. The molecular weight excluding hydrogens is 475 g/mol. The normalized spacial score (nSPS) is 17.1. The molecule has 0 bridgehead atoms. The van der Waals surface area contributed by atoms with Crippen molar-refractivity contribution in [1.82, 2.24) is 9.47 Å². The van der Waals surface area contributed by atoms with Crippen LogP contribution in [-0.4, -0.2) is 46.2 Å². The first kappa shape index (κ1) is 25.4. The molecule has 0 amide bonds. The van der Waals surface area contributed by atoms with Crippen molar-refractivity contribution < 1.29 is 22.7 Å². The molecule has 0 spiro atoms. The molecule has 1 atom stereocenters. The van der Waals surface area contributed by atoms with Crippen LogP contribution in [0.4, 0.5) is 23.7 Å². The number of carbonyl (C=O) groups excluding carboxylic acids is 1. The highest BCUT2D eigenvalue weighted by molar-refractivity contribution is 8.00. The van der Waals surface area contributed by atoms with Gasteiger partial charge in [-0.25, -0.2) is 4.79 Å². The first-order valence-corrected chi connectivity index (χ1v) is 12.6. The van der Waals surface area contributed by atoms with Crippen molar-refractivity contribution in [2.24, 2.45) is 0 Å². The molecule has 2 aromatic carbocycles. The monoisotopic (exact) mass is 505 g/mol. The predicted molar refractivity (Wildman–Crippen MR) is 135 cm³/mol. The van der Waals surface area contributed by atoms with Crippen LogP contribution in [0.15, 0.2) is 54.7 Å². The molecule has 0 aliphatic carbocycles. The largest absolute Gasteiger partial charge is 0.443 e. The Labute approximate surface area is 207 Å². The van der Waals surface area contributed by atoms with Crippen molar-refractivity contribution in [3.05, 3.63) is 65.9 Å². The molecular formula is C26H30F3N3O2S. The van der Waals surface area contributed by atoms with Crippen molar-refractivity contribution in [1.29, 1.82) is 0 Å². The number of hydrogen-bond acceptors (Lipinski definition) is 5. The second-order valence-electron chi connectivity index (χ2n) is 9.87. The fourth-order valence-corrected chi connectivity index (χ4v) is 4.91. The van der Waals surface area contributed by atoms with Gasteiger partial charge in [0.2, 0.25) is 0 Å². The molecule has 1 aliphatic rings. The lowest BCUT2D eigenvalue weighted by atomic mass is 9.98. The maximum absolute atomic E-state index is 12.8. The second kappa shape index (κ2) is 10.1. The molecule has 9 heteroatoms. The molecule has 0 radical (unpaired) electrons. The van der Waals surface area contributed by atoms with Crippen molar-refractivity contribution in [3.63, 3.8) is 0 Å². The lowest BCUT2D eigenvalue weighted by molar-refractivity contribution is -0.105. The maximum Gasteiger partial charge on any atom is 0.419 e. The predicted octanol–water partition coefficient (Wildman–Crippen LogP) is 7.04. The third-order valence-corrected chi connectivity index (χ3v) is 6.69. The van der Waals surface area contributed by atoms with Crippen LogP contribution in [0.1, 0.15) is 44.2 Å². The number of para-hydroxylation sites is 1.